The molecule has 0 bridgehead atoms. The largest absolute Gasteiger partial charge is 0.504 e. The highest BCUT2D eigenvalue weighted by Crippen LogP contribution is 2.26. The Bertz CT molecular complexity index is 915. The zero-order valence-corrected chi connectivity index (χ0v) is 15.6. The molecule has 2 aromatic rings. The molecule has 0 saturated carbocycles. The minimum absolute atomic E-state index is 0.0278. The van der Waals surface area contributed by atoms with Crippen LogP contribution < -0.4 is 11.3 Å². The maximum atomic E-state index is 11.0. The molecule has 27 heavy (non-hydrogen) atoms. The third-order valence-corrected chi connectivity index (χ3v) is 4.77. The van der Waals surface area contributed by atoms with Crippen LogP contribution in [0.1, 0.15) is 18.1 Å². The molecule has 0 aliphatic rings. The fourth-order valence-corrected chi connectivity index (χ4v) is 2.85. The molecular weight excluding hydrogens is 376 g/mol. The summed E-state index contributed by atoms with van der Waals surface area (Å²) < 4.78 is 29.9. The predicted octanol–water partition coefficient (Wildman–Crippen LogP) is 1.19. The van der Waals surface area contributed by atoms with E-state index in [9.17, 15) is 18.3 Å². The van der Waals surface area contributed by atoms with E-state index >= 15 is 0 Å². The lowest BCUT2D eigenvalue weighted by Crippen LogP contribution is -2.54. The number of carboxylic acids is 1. The summed E-state index contributed by atoms with van der Waals surface area (Å²) in [5.41, 5.74) is 2.01. The minimum Gasteiger partial charge on any atom is -0.504 e. The lowest BCUT2D eigenvalue weighted by atomic mass is 9.93. The van der Waals surface area contributed by atoms with Crippen LogP contribution in [0.5, 0.6) is 11.5 Å². The number of aliphatic carboxylic acids is 1. The number of phenolic OH excluding ortho intramolecular Hbond substituents is 2. The second kappa shape index (κ2) is 8.82. The molecule has 0 spiro atoms. The van der Waals surface area contributed by atoms with Crippen LogP contribution >= 0.6 is 0 Å². The van der Waals surface area contributed by atoms with Gasteiger partial charge in [-0.1, -0.05) is 24.3 Å². The van der Waals surface area contributed by atoms with Gasteiger partial charge >= 0.3 is 5.97 Å². The fourth-order valence-electron chi connectivity index (χ4n) is 2.12. The van der Waals surface area contributed by atoms with E-state index in [2.05, 4.69) is 5.43 Å². The van der Waals surface area contributed by atoms with E-state index in [1.165, 1.54) is 31.2 Å². The van der Waals surface area contributed by atoms with Gasteiger partial charge in [0.25, 0.3) is 10.1 Å². The van der Waals surface area contributed by atoms with Crippen LogP contribution in [-0.4, -0.2) is 39.8 Å². The summed E-state index contributed by atoms with van der Waals surface area (Å²) in [6.07, 6.45) is 0.0900. The van der Waals surface area contributed by atoms with Crippen molar-refractivity contribution < 1.29 is 33.1 Å². The lowest BCUT2D eigenvalue weighted by Gasteiger charge is -2.23. The van der Waals surface area contributed by atoms with Gasteiger partial charge in [-0.3, -0.25) is 15.2 Å². The van der Waals surface area contributed by atoms with E-state index in [-0.39, 0.29) is 22.8 Å². The van der Waals surface area contributed by atoms with E-state index < -0.39 is 21.6 Å². The number of aryl methyl sites for hydroxylation is 1. The molecule has 0 radical (unpaired) electrons. The van der Waals surface area contributed by atoms with Crippen LogP contribution in [0.4, 0.5) is 0 Å². The number of rotatable bonds is 5. The lowest BCUT2D eigenvalue weighted by molar-refractivity contribution is -0.144. The van der Waals surface area contributed by atoms with Gasteiger partial charge < -0.3 is 15.3 Å². The van der Waals surface area contributed by atoms with Gasteiger partial charge in [0.2, 0.25) is 0 Å². The van der Waals surface area contributed by atoms with Crippen molar-refractivity contribution in [3.63, 3.8) is 0 Å². The summed E-state index contributed by atoms with van der Waals surface area (Å²) in [6.45, 7) is 3.06. The van der Waals surface area contributed by atoms with Gasteiger partial charge in [0.1, 0.15) is 5.54 Å². The number of nitrogens with two attached hydrogens (primary N) is 1. The molecule has 0 aromatic heterocycles. The molecule has 9 nitrogen and oxygen atoms in total. The molecule has 10 heteroatoms. The van der Waals surface area contributed by atoms with Crippen LogP contribution in [0.3, 0.4) is 0 Å². The molecule has 0 saturated heterocycles. The van der Waals surface area contributed by atoms with Gasteiger partial charge in [-0.15, -0.1) is 0 Å². The standard InChI is InChI=1S/C10H14N2O4.C7H8O3S/c1-10(12-11,9(15)16)5-6-2-3-7(13)8(14)4-6;1-6-4-2-3-5-7(6)11(8,9)10/h2-4,12-14H,5,11H2,1H3,(H,15,16);2-5H,1H3,(H,8,9,10)/t10-;/m0./s1. The maximum absolute atomic E-state index is 11.0. The average Bonchev–Trinajstić information content (AvgIpc) is 2.58. The Morgan fingerprint density at radius 1 is 1.15 bits per heavy atom. The maximum Gasteiger partial charge on any atom is 0.325 e. The van der Waals surface area contributed by atoms with Crippen molar-refractivity contribution in [3.8, 4) is 11.5 Å². The number of carboxylic acid groups (broad SMARTS) is 1. The SMILES string of the molecule is C[C@@](Cc1ccc(O)c(O)c1)(NN)C(=O)O.Cc1ccccc1S(=O)(=O)O. The number of hydrogen-bond donors (Lipinski definition) is 6. The third-order valence-electron chi connectivity index (χ3n) is 3.76. The van der Waals surface area contributed by atoms with Gasteiger partial charge in [0.05, 0.1) is 4.90 Å². The minimum atomic E-state index is -4.03. The molecule has 0 heterocycles. The highest BCUT2D eigenvalue weighted by Gasteiger charge is 2.32. The molecule has 7 N–H and O–H groups in total. The summed E-state index contributed by atoms with van der Waals surface area (Å²) in [5.74, 6) is 3.55. The summed E-state index contributed by atoms with van der Waals surface area (Å²) in [5, 5.41) is 27.3. The van der Waals surface area contributed by atoms with Crippen molar-refractivity contribution in [2.45, 2.75) is 30.7 Å². The molecular formula is C17H22N2O7S. The van der Waals surface area contributed by atoms with Crippen molar-refractivity contribution in [2.75, 3.05) is 0 Å². The van der Waals surface area contributed by atoms with Gasteiger partial charge in [0, 0.05) is 6.42 Å². The smallest absolute Gasteiger partial charge is 0.325 e. The second-order valence-corrected chi connectivity index (χ2v) is 7.41. The molecule has 0 aliphatic heterocycles. The van der Waals surface area contributed by atoms with Gasteiger partial charge in [0.15, 0.2) is 11.5 Å². The number of benzene rings is 2. The Balaban J connectivity index is 0.000000289. The number of nitrogens with one attached hydrogen (secondary N) is 1. The van der Waals surface area contributed by atoms with Crippen molar-refractivity contribution in [1.29, 1.82) is 0 Å². The topological polar surface area (TPSA) is 170 Å². The second-order valence-electron chi connectivity index (χ2n) is 6.02. The summed E-state index contributed by atoms with van der Waals surface area (Å²) >= 11 is 0. The van der Waals surface area contributed by atoms with E-state index in [0.29, 0.717) is 11.1 Å². The predicted molar refractivity (Wildman–Crippen MR) is 97.8 cm³/mol. The normalized spacial score (nSPS) is 13.2. The first-order valence-electron chi connectivity index (χ1n) is 7.66. The molecule has 2 aromatic carbocycles. The first-order chi connectivity index (χ1) is 12.4. The van der Waals surface area contributed by atoms with Crippen LogP contribution in [-0.2, 0) is 21.3 Å². The van der Waals surface area contributed by atoms with Gasteiger partial charge in [-0.2, -0.15) is 8.42 Å². The Morgan fingerprint density at radius 2 is 1.74 bits per heavy atom. The quantitative estimate of drug-likeness (QED) is 0.187. The molecule has 148 valence electrons. The molecule has 2 rings (SSSR count). The first-order valence-corrected chi connectivity index (χ1v) is 9.10. The Hall–Kier alpha value is -2.66. The Morgan fingerprint density at radius 3 is 2.15 bits per heavy atom. The highest BCUT2D eigenvalue weighted by atomic mass is 32.2. The van der Waals surface area contributed by atoms with Crippen LogP contribution in [0, 0.1) is 6.92 Å². The van der Waals surface area contributed by atoms with E-state index in [1.54, 1.807) is 25.1 Å². The number of phenols is 2. The van der Waals surface area contributed by atoms with Crippen molar-refractivity contribution in [2.24, 2.45) is 5.84 Å². The van der Waals surface area contributed by atoms with Crippen molar-refractivity contribution in [3.05, 3.63) is 53.6 Å². The molecule has 0 unspecified atom stereocenters. The fraction of sp³-hybridized carbons (Fsp3) is 0.235. The molecule has 1 atom stereocenters. The Labute approximate surface area is 156 Å². The molecule has 0 amide bonds. The number of aromatic hydroxyl groups is 2. The summed E-state index contributed by atoms with van der Waals surface area (Å²) in [6, 6.07) is 10.4. The Kier molecular flexibility index (Phi) is 7.31. The zero-order valence-electron chi connectivity index (χ0n) is 14.7. The monoisotopic (exact) mass is 398 g/mol. The summed E-state index contributed by atoms with van der Waals surface area (Å²) in [4.78, 5) is 10.9. The van der Waals surface area contributed by atoms with E-state index in [4.69, 9.17) is 20.6 Å². The number of carbonyl (C=O) groups is 1. The third kappa shape index (κ3) is 6.22. The van der Waals surface area contributed by atoms with Crippen LogP contribution in [0.2, 0.25) is 0 Å². The van der Waals surface area contributed by atoms with Crippen molar-refractivity contribution >= 4 is 16.1 Å². The molecule has 0 aliphatic carbocycles. The van der Waals surface area contributed by atoms with Crippen LogP contribution in [0.15, 0.2) is 47.4 Å². The zero-order chi connectivity index (χ0) is 20.8. The molecule has 0 fully saturated rings. The average molecular weight is 398 g/mol. The van der Waals surface area contributed by atoms with E-state index in [0.717, 1.165) is 0 Å². The van der Waals surface area contributed by atoms with Crippen LogP contribution in [0.25, 0.3) is 0 Å². The van der Waals surface area contributed by atoms with Gasteiger partial charge in [-0.05, 0) is 43.2 Å². The number of hydrogen-bond acceptors (Lipinski definition) is 7. The van der Waals surface area contributed by atoms with Gasteiger partial charge in [-0.25, -0.2) is 5.43 Å². The number of hydrazine groups is 1. The van der Waals surface area contributed by atoms with E-state index in [1.807, 2.05) is 0 Å². The first kappa shape index (κ1) is 22.4. The van der Waals surface area contributed by atoms with Crippen molar-refractivity contribution in [1.82, 2.24) is 5.43 Å². The highest BCUT2D eigenvalue weighted by molar-refractivity contribution is 7.85. The summed E-state index contributed by atoms with van der Waals surface area (Å²) in [7, 11) is -4.03.